The molecule has 3 atom stereocenters. The van der Waals surface area contributed by atoms with E-state index in [1.54, 1.807) is 4.90 Å². The van der Waals surface area contributed by atoms with Gasteiger partial charge >= 0.3 is 6.09 Å². The van der Waals surface area contributed by atoms with E-state index in [0.29, 0.717) is 12.5 Å². The summed E-state index contributed by atoms with van der Waals surface area (Å²) in [5.74, 6) is 0.480. The fourth-order valence-corrected chi connectivity index (χ4v) is 3.08. The highest BCUT2D eigenvalue weighted by Crippen LogP contribution is 2.39. The average Bonchev–Trinajstić information content (AvgIpc) is 2.75. The van der Waals surface area contributed by atoms with Crippen molar-refractivity contribution in [1.29, 1.82) is 0 Å². The number of nitrogens with one attached hydrogen (secondary N) is 1. The minimum atomic E-state index is -0.454. The van der Waals surface area contributed by atoms with Crippen molar-refractivity contribution < 1.29 is 14.3 Å². The Bertz CT molecular complexity index is 367. The van der Waals surface area contributed by atoms with Crippen LogP contribution in [0.15, 0.2) is 0 Å². The van der Waals surface area contributed by atoms with E-state index in [1.165, 1.54) is 0 Å². The number of carbonyl (C=O) groups excluding carboxylic acids is 1. The normalized spacial score (nSPS) is 34.2. The van der Waals surface area contributed by atoms with Crippen molar-refractivity contribution in [1.82, 2.24) is 10.2 Å². The molecule has 0 saturated carbocycles. The smallest absolute Gasteiger partial charge is 0.410 e. The molecule has 1 amide bonds. The van der Waals surface area contributed by atoms with E-state index in [4.69, 9.17) is 9.47 Å². The van der Waals surface area contributed by atoms with Crippen molar-refractivity contribution in [3.8, 4) is 0 Å². The van der Waals surface area contributed by atoms with Gasteiger partial charge in [0.15, 0.2) is 0 Å². The fraction of sp³-hybridized carbons (Fsp3) is 0.933. The molecule has 2 fully saturated rings. The molecule has 0 radical (unpaired) electrons. The monoisotopic (exact) mass is 284 g/mol. The van der Waals surface area contributed by atoms with Gasteiger partial charge in [0.05, 0.1) is 18.2 Å². The standard InChI is InChI=1S/C15H28N2O3/c1-11-9-16-7-6-15(11)8-12(10-19-15)17(5)13(18)20-14(2,3)4/h11-12,16H,6-10H2,1-5H3/t11-,12+,15+/m1/s1. The maximum absolute atomic E-state index is 12.1. The molecule has 0 unspecified atom stereocenters. The number of amides is 1. The van der Waals surface area contributed by atoms with Gasteiger partial charge in [-0.2, -0.15) is 0 Å². The molecule has 2 rings (SSSR count). The summed E-state index contributed by atoms with van der Waals surface area (Å²) in [6.45, 7) is 10.5. The number of piperidine rings is 1. The molecule has 20 heavy (non-hydrogen) atoms. The number of carbonyl (C=O) groups is 1. The van der Waals surface area contributed by atoms with Gasteiger partial charge in [0.25, 0.3) is 0 Å². The van der Waals surface area contributed by atoms with Gasteiger partial charge in [-0.15, -0.1) is 0 Å². The Labute approximate surface area is 122 Å². The SMILES string of the molecule is C[C@@H]1CNCC[C@]12C[C@H](N(C)C(=O)OC(C)(C)C)CO2. The van der Waals surface area contributed by atoms with E-state index in [0.717, 1.165) is 25.9 Å². The first-order chi connectivity index (χ1) is 9.23. The molecule has 2 aliphatic heterocycles. The summed E-state index contributed by atoms with van der Waals surface area (Å²) in [5.41, 5.74) is -0.517. The number of likely N-dealkylation sites (N-methyl/N-ethyl adjacent to an activating group) is 1. The third kappa shape index (κ3) is 3.26. The molecule has 2 saturated heterocycles. The van der Waals surface area contributed by atoms with E-state index in [-0.39, 0.29) is 17.7 Å². The molecule has 0 bridgehead atoms. The largest absolute Gasteiger partial charge is 0.444 e. The zero-order valence-electron chi connectivity index (χ0n) is 13.4. The van der Waals surface area contributed by atoms with Gasteiger partial charge in [-0.3, -0.25) is 0 Å². The summed E-state index contributed by atoms with van der Waals surface area (Å²) < 4.78 is 11.6. The van der Waals surface area contributed by atoms with Crippen molar-refractivity contribution in [2.24, 2.45) is 5.92 Å². The molecule has 0 aromatic rings. The van der Waals surface area contributed by atoms with Crippen LogP contribution in [0, 0.1) is 5.92 Å². The number of hydrogen-bond acceptors (Lipinski definition) is 4. The van der Waals surface area contributed by atoms with Crippen molar-refractivity contribution in [2.45, 2.75) is 57.8 Å². The molecular weight excluding hydrogens is 256 g/mol. The fourth-order valence-electron chi connectivity index (χ4n) is 3.08. The molecule has 5 heteroatoms. The first-order valence-electron chi connectivity index (χ1n) is 7.54. The lowest BCUT2D eigenvalue weighted by Crippen LogP contribution is -2.49. The summed E-state index contributed by atoms with van der Waals surface area (Å²) in [7, 11) is 1.81. The summed E-state index contributed by atoms with van der Waals surface area (Å²) >= 11 is 0. The molecule has 1 N–H and O–H groups in total. The summed E-state index contributed by atoms with van der Waals surface area (Å²) in [5, 5.41) is 3.40. The van der Waals surface area contributed by atoms with E-state index in [1.807, 2.05) is 27.8 Å². The van der Waals surface area contributed by atoms with Crippen molar-refractivity contribution in [2.75, 3.05) is 26.7 Å². The molecule has 0 aliphatic carbocycles. The lowest BCUT2D eigenvalue weighted by atomic mass is 9.80. The van der Waals surface area contributed by atoms with Crippen LogP contribution in [-0.2, 0) is 9.47 Å². The van der Waals surface area contributed by atoms with E-state index < -0.39 is 5.60 Å². The Balaban J connectivity index is 1.96. The molecule has 2 heterocycles. The van der Waals surface area contributed by atoms with Crippen LogP contribution in [0.4, 0.5) is 4.79 Å². The number of hydrogen-bond donors (Lipinski definition) is 1. The van der Waals surface area contributed by atoms with Crippen LogP contribution in [0.1, 0.15) is 40.5 Å². The zero-order chi connectivity index (χ0) is 15.0. The van der Waals surface area contributed by atoms with Crippen molar-refractivity contribution >= 4 is 6.09 Å². The van der Waals surface area contributed by atoms with Crippen molar-refractivity contribution in [3.05, 3.63) is 0 Å². The van der Waals surface area contributed by atoms with Crippen LogP contribution in [0.5, 0.6) is 0 Å². The highest BCUT2D eigenvalue weighted by atomic mass is 16.6. The molecule has 1 spiro atoms. The first-order valence-corrected chi connectivity index (χ1v) is 7.54. The van der Waals surface area contributed by atoms with Gasteiger partial charge < -0.3 is 19.7 Å². The second-order valence-electron chi connectivity index (χ2n) is 7.18. The molecule has 0 aromatic heterocycles. The molecular formula is C15H28N2O3. The summed E-state index contributed by atoms with van der Waals surface area (Å²) in [6.07, 6.45) is 1.67. The van der Waals surface area contributed by atoms with Gasteiger partial charge in [-0.05, 0) is 46.1 Å². The van der Waals surface area contributed by atoms with Gasteiger partial charge in [-0.1, -0.05) is 6.92 Å². The summed E-state index contributed by atoms with van der Waals surface area (Å²) in [4.78, 5) is 13.8. The predicted molar refractivity (Wildman–Crippen MR) is 77.7 cm³/mol. The Hall–Kier alpha value is -0.810. The van der Waals surface area contributed by atoms with Gasteiger partial charge in [-0.25, -0.2) is 4.79 Å². The maximum Gasteiger partial charge on any atom is 0.410 e. The minimum Gasteiger partial charge on any atom is -0.444 e. The lowest BCUT2D eigenvalue weighted by Gasteiger charge is -2.39. The van der Waals surface area contributed by atoms with Crippen LogP contribution >= 0.6 is 0 Å². The summed E-state index contributed by atoms with van der Waals surface area (Å²) in [6, 6.07) is 0.116. The number of rotatable bonds is 1. The third-order valence-electron chi connectivity index (χ3n) is 4.45. The predicted octanol–water partition coefficient (Wildman–Crippen LogP) is 2.01. The highest BCUT2D eigenvalue weighted by Gasteiger charge is 2.47. The second kappa shape index (κ2) is 5.53. The van der Waals surface area contributed by atoms with E-state index in [2.05, 4.69) is 12.2 Å². The quantitative estimate of drug-likeness (QED) is 0.800. The Morgan fingerprint density at radius 2 is 2.15 bits per heavy atom. The molecule has 5 nitrogen and oxygen atoms in total. The van der Waals surface area contributed by atoms with Crippen LogP contribution in [-0.4, -0.2) is 55.0 Å². The Morgan fingerprint density at radius 1 is 1.45 bits per heavy atom. The van der Waals surface area contributed by atoms with Crippen LogP contribution in [0.25, 0.3) is 0 Å². The van der Waals surface area contributed by atoms with Crippen molar-refractivity contribution in [3.63, 3.8) is 0 Å². The van der Waals surface area contributed by atoms with E-state index >= 15 is 0 Å². The Kier molecular flexibility index (Phi) is 4.30. The highest BCUT2D eigenvalue weighted by molar-refractivity contribution is 5.68. The van der Waals surface area contributed by atoms with Crippen LogP contribution < -0.4 is 5.32 Å². The first kappa shape index (κ1) is 15.6. The minimum absolute atomic E-state index is 0.0633. The Morgan fingerprint density at radius 3 is 2.75 bits per heavy atom. The van der Waals surface area contributed by atoms with Gasteiger partial charge in [0.2, 0.25) is 0 Å². The topological polar surface area (TPSA) is 50.8 Å². The number of nitrogens with zero attached hydrogens (tertiary/aromatic N) is 1. The lowest BCUT2D eigenvalue weighted by molar-refractivity contribution is -0.0564. The average molecular weight is 284 g/mol. The molecule has 0 aromatic carbocycles. The van der Waals surface area contributed by atoms with Gasteiger partial charge in [0, 0.05) is 13.6 Å². The second-order valence-corrected chi connectivity index (χ2v) is 7.18. The van der Waals surface area contributed by atoms with Crippen LogP contribution in [0.2, 0.25) is 0 Å². The molecule has 116 valence electrons. The van der Waals surface area contributed by atoms with Crippen LogP contribution in [0.3, 0.4) is 0 Å². The third-order valence-corrected chi connectivity index (χ3v) is 4.45. The number of ether oxygens (including phenoxy) is 2. The van der Waals surface area contributed by atoms with E-state index in [9.17, 15) is 4.79 Å². The zero-order valence-corrected chi connectivity index (χ0v) is 13.4. The van der Waals surface area contributed by atoms with Gasteiger partial charge in [0.1, 0.15) is 5.60 Å². The molecule has 2 aliphatic rings. The maximum atomic E-state index is 12.1.